The molecule has 2 heterocycles. The van der Waals surface area contributed by atoms with E-state index < -0.39 is 12.0 Å². The quantitative estimate of drug-likeness (QED) is 0.211. The van der Waals surface area contributed by atoms with Crippen molar-refractivity contribution in [1.29, 1.82) is 0 Å². The maximum atomic E-state index is 14.3. The maximum Gasteiger partial charge on any atom is 0.338 e. The Kier molecular flexibility index (Phi) is 9.01. The number of nitrogens with zero attached hydrogens (tertiary/aromatic N) is 2. The second-order valence-corrected chi connectivity index (χ2v) is 12.0. The van der Waals surface area contributed by atoms with Gasteiger partial charge in [-0.15, -0.1) is 0 Å². The Labute approximate surface area is 260 Å². The van der Waals surface area contributed by atoms with Crippen LogP contribution in [0.4, 0.5) is 0 Å². The van der Waals surface area contributed by atoms with Crippen LogP contribution in [0.15, 0.2) is 86.6 Å². The highest BCUT2D eigenvalue weighted by Crippen LogP contribution is 2.39. The van der Waals surface area contributed by atoms with Crippen LogP contribution in [0.1, 0.15) is 43.5 Å². The Morgan fingerprint density at radius 2 is 1.86 bits per heavy atom. The third kappa shape index (κ3) is 5.95. The molecule has 3 aromatic carbocycles. The third-order valence-electron chi connectivity index (χ3n) is 6.48. The molecule has 1 atom stereocenters. The van der Waals surface area contributed by atoms with Crippen LogP contribution >= 0.6 is 38.9 Å². The summed E-state index contributed by atoms with van der Waals surface area (Å²) in [5.41, 5.74) is 2.29. The van der Waals surface area contributed by atoms with E-state index in [0.717, 1.165) is 10.0 Å². The van der Waals surface area contributed by atoms with Gasteiger partial charge in [-0.3, -0.25) is 9.36 Å². The summed E-state index contributed by atoms with van der Waals surface area (Å²) < 4.78 is 20.0. The molecule has 7 nitrogen and oxygen atoms in total. The second-order valence-electron chi connectivity index (χ2n) is 9.67. The minimum absolute atomic E-state index is 0.0598. The van der Waals surface area contributed by atoms with Gasteiger partial charge in [0.25, 0.3) is 5.56 Å². The number of thiazole rings is 1. The molecule has 5 rings (SSSR count). The Morgan fingerprint density at radius 1 is 1.12 bits per heavy atom. The van der Waals surface area contributed by atoms with E-state index in [-0.39, 0.29) is 23.8 Å². The highest BCUT2D eigenvalue weighted by atomic mass is 79.9. The Morgan fingerprint density at radius 3 is 2.55 bits per heavy atom. The molecule has 0 spiro atoms. The van der Waals surface area contributed by atoms with E-state index in [1.807, 2.05) is 62.4 Å². The highest BCUT2D eigenvalue weighted by molar-refractivity contribution is 9.10. The molecule has 0 aliphatic carbocycles. The van der Waals surface area contributed by atoms with Gasteiger partial charge in [0.05, 0.1) is 35.6 Å². The minimum atomic E-state index is -0.916. The van der Waals surface area contributed by atoms with Crippen molar-refractivity contribution in [2.75, 3.05) is 13.7 Å². The molecule has 10 heteroatoms. The van der Waals surface area contributed by atoms with Crippen molar-refractivity contribution < 1.29 is 19.0 Å². The molecule has 1 aliphatic rings. The first-order chi connectivity index (χ1) is 20.2. The molecule has 0 radical (unpaired) electrons. The number of halogens is 2. The van der Waals surface area contributed by atoms with Crippen molar-refractivity contribution in [3.05, 3.63) is 118 Å². The van der Waals surface area contributed by atoms with Gasteiger partial charge in [-0.25, -0.2) is 9.79 Å². The first kappa shape index (κ1) is 29.8. The molecule has 0 fully saturated rings. The Balaban J connectivity index is 1.86. The third-order valence-corrected chi connectivity index (χ3v) is 8.19. The minimum Gasteiger partial charge on any atom is -0.496 e. The summed E-state index contributed by atoms with van der Waals surface area (Å²) in [6, 6.07) is 19.2. The predicted octanol–water partition coefficient (Wildman–Crippen LogP) is 6.15. The molecule has 0 saturated carbocycles. The number of aromatic nitrogens is 1. The van der Waals surface area contributed by atoms with Crippen LogP contribution in [0, 0.1) is 0 Å². The van der Waals surface area contributed by atoms with Gasteiger partial charge in [0, 0.05) is 26.2 Å². The molecule has 216 valence electrons. The maximum absolute atomic E-state index is 14.3. The van der Waals surface area contributed by atoms with E-state index in [4.69, 9.17) is 30.8 Å². The number of esters is 1. The van der Waals surface area contributed by atoms with E-state index in [2.05, 4.69) is 15.9 Å². The molecule has 0 bridgehead atoms. The number of hydrogen-bond donors (Lipinski definition) is 0. The summed E-state index contributed by atoms with van der Waals surface area (Å²) in [5.74, 6) is 0.528. The first-order valence-corrected chi connectivity index (χ1v) is 15.3. The fourth-order valence-corrected chi connectivity index (χ4v) is 6.34. The van der Waals surface area contributed by atoms with Crippen LogP contribution in [0.25, 0.3) is 11.8 Å². The molecule has 0 N–H and O–H groups in total. The summed E-state index contributed by atoms with van der Waals surface area (Å²) in [6.07, 6.45) is 1.73. The van der Waals surface area contributed by atoms with Gasteiger partial charge in [-0.1, -0.05) is 69.2 Å². The molecule has 4 aromatic rings. The second kappa shape index (κ2) is 12.7. The topological polar surface area (TPSA) is 79.1 Å². The van der Waals surface area contributed by atoms with Gasteiger partial charge in [0.2, 0.25) is 0 Å². The van der Waals surface area contributed by atoms with Crippen LogP contribution in [0.2, 0.25) is 5.02 Å². The van der Waals surface area contributed by atoms with Crippen molar-refractivity contribution in [1.82, 2.24) is 4.57 Å². The van der Waals surface area contributed by atoms with Crippen LogP contribution in [0.5, 0.6) is 11.5 Å². The molecule has 0 saturated heterocycles. The van der Waals surface area contributed by atoms with Crippen LogP contribution in [0.3, 0.4) is 0 Å². The zero-order chi connectivity index (χ0) is 30.0. The Hall–Kier alpha value is -3.66. The number of ether oxygens (including phenoxy) is 3. The fourth-order valence-electron chi connectivity index (χ4n) is 4.79. The summed E-state index contributed by atoms with van der Waals surface area (Å²) in [7, 11) is 1.53. The zero-order valence-electron chi connectivity index (χ0n) is 23.4. The van der Waals surface area contributed by atoms with E-state index in [1.54, 1.807) is 31.2 Å². The van der Waals surface area contributed by atoms with Gasteiger partial charge >= 0.3 is 5.97 Å². The number of carbonyl (C=O) groups is 1. The lowest BCUT2D eigenvalue weighted by Crippen LogP contribution is -2.40. The average molecular weight is 668 g/mol. The summed E-state index contributed by atoms with van der Waals surface area (Å²) in [5, 5.41) is 0.430. The molecule has 0 unspecified atom stereocenters. The summed E-state index contributed by atoms with van der Waals surface area (Å²) >= 11 is 11.2. The molecule has 0 amide bonds. The fraction of sp³-hybridized carbons (Fsp3) is 0.219. The highest BCUT2D eigenvalue weighted by Gasteiger charge is 2.37. The number of rotatable bonds is 8. The molecular weight excluding hydrogens is 640 g/mol. The van der Waals surface area contributed by atoms with Crippen molar-refractivity contribution in [2.24, 2.45) is 4.99 Å². The van der Waals surface area contributed by atoms with Gasteiger partial charge in [0.15, 0.2) is 4.80 Å². The molecular formula is C32H28BrClN2O5S. The largest absolute Gasteiger partial charge is 0.496 e. The van der Waals surface area contributed by atoms with Crippen LogP contribution in [-0.4, -0.2) is 30.4 Å². The van der Waals surface area contributed by atoms with Crippen LogP contribution in [-0.2, 0) is 9.53 Å². The lowest BCUT2D eigenvalue weighted by atomic mass is 9.92. The number of methoxy groups -OCH3 is 1. The van der Waals surface area contributed by atoms with Crippen molar-refractivity contribution in [2.45, 2.75) is 32.9 Å². The van der Waals surface area contributed by atoms with E-state index in [0.29, 0.717) is 42.7 Å². The van der Waals surface area contributed by atoms with Crippen molar-refractivity contribution >= 4 is 56.6 Å². The van der Waals surface area contributed by atoms with Gasteiger partial charge < -0.3 is 14.2 Å². The Bertz CT molecular complexity index is 1860. The summed E-state index contributed by atoms with van der Waals surface area (Å²) in [4.78, 5) is 33.3. The molecule has 42 heavy (non-hydrogen) atoms. The number of hydrogen-bond acceptors (Lipinski definition) is 7. The number of fused-ring (bicyclic) bond motifs is 1. The van der Waals surface area contributed by atoms with Crippen LogP contribution < -0.4 is 24.4 Å². The normalized spacial score (nSPS) is 14.9. The van der Waals surface area contributed by atoms with Gasteiger partial charge in [0.1, 0.15) is 17.5 Å². The average Bonchev–Trinajstić information content (AvgIpc) is 3.28. The van der Waals surface area contributed by atoms with E-state index in [9.17, 15) is 9.59 Å². The standard InChI is InChI=1S/C32H28BrClN2O5S/c1-5-40-31(38)27-28(19-9-7-6-8-10-19)35-32-36(29(27)23-17-22(34)12-14-25(23)39-4)30(37)26(42-32)16-20-15-21(33)11-13-24(20)41-18(2)3/h6-18,29H,5H2,1-4H3/b26-16-/t29-/m1/s1. The molecule has 1 aliphatic heterocycles. The predicted molar refractivity (Wildman–Crippen MR) is 169 cm³/mol. The van der Waals surface area contributed by atoms with Crippen molar-refractivity contribution in [3.63, 3.8) is 0 Å². The SMILES string of the molecule is CCOC(=O)C1=C(c2ccccc2)N=c2s/c(=C\c3cc(Br)ccc3OC(C)C)c(=O)n2[C@@H]1c1cc(Cl)ccc1OC. The number of benzene rings is 3. The zero-order valence-corrected chi connectivity index (χ0v) is 26.5. The molecule has 1 aromatic heterocycles. The monoisotopic (exact) mass is 666 g/mol. The van der Waals surface area contributed by atoms with E-state index >= 15 is 0 Å². The first-order valence-electron chi connectivity index (χ1n) is 13.3. The number of carbonyl (C=O) groups excluding carboxylic acids is 1. The lowest BCUT2D eigenvalue weighted by Gasteiger charge is -2.27. The van der Waals surface area contributed by atoms with Crippen molar-refractivity contribution in [3.8, 4) is 11.5 Å². The smallest absolute Gasteiger partial charge is 0.338 e. The van der Waals surface area contributed by atoms with Gasteiger partial charge in [-0.2, -0.15) is 0 Å². The summed E-state index contributed by atoms with van der Waals surface area (Å²) in [6.45, 7) is 5.77. The van der Waals surface area contributed by atoms with Gasteiger partial charge in [-0.05, 0) is 63.2 Å². The lowest BCUT2D eigenvalue weighted by molar-refractivity contribution is -0.138. The van der Waals surface area contributed by atoms with E-state index in [1.165, 1.54) is 23.0 Å².